The van der Waals surface area contributed by atoms with Gasteiger partial charge in [-0.15, -0.1) is 0 Å². The molecule has 7 nitrogen and oxygen atoms in total. The van der Waals surface area contributed by atoms with Gasteiger partial charge in [0.05, 0.1) is 32.5 Å². The van der Waals surface area contributed by atoms with Crippen LogP contribution in [0, 0.1) is 0 Å². The Morgan fingerprint density at radius 2 is 1.79 bits per heavy atom. The number of aromatic nitrogens is 1. The lowest BCUT2D eigenvalue weighted by atomic mass is 10.1. The van der Waals surface area contributed by atoms with Crippen LogP contribution in [0.2, 0.25) is 5.02 Å². The van der Waals surface area contributed by atoms with E-state index in [0.29, 0.717) is 33.4 Å². The van der Waals surface area contributed by atoms with Crippen molar-refractivity contribution in [2.24, 2.45) is 7.05 Å². The molecule has 0 fully saturated rings. The van der Waals surface area contributed by atoms with Crippen LogP contribution in [-0.4, -0.2) is 43.5 Å². The van der Waals surface area contributed by atoms with Crippen LogP contribution in [0.4, 0.5) is 0 Å². The fourth-order valence-corrected chi connectivity index (χ4v) is 3.49. The molecule has 0 aliphatic heterocycles. The normalized spacial score (nSPS) is 11.9. The fraction of sp³-hybridized carbons (Fsp3) is 0.286. The fourth-order valence-electron chi connectivity index (χ4n) is 3.19. The number of hydrogen-bond acceptors (Lipinski definition) is 5. The molecule has 2 N–H and O–H groups in total. The second kappa shape index (κ2) is 8.63. The summed E-state index contributed by atoms with van der Waals surface area (Å²) >= 11 is 6.22. The van der Waals surface area contributed by atoms with Crippen molar-refractivity contribution in [3.05, 3.63) is 52.7 Å². The number of rotatable bonds is 7. The molecule has 3 aromatic rings. The molecule has 0 saturated carbocycles. The maximum absolute atomic E-state index is 12.5. The summed E-state index contributed by atoms with van der Waals surface area (Å²) in [6, 6.07) is 8.59. The van der Waals surface area contributed by atoms with Crippen molar-refractivity contribution in [3.63, 3.8) is 0 Å². The number of aliphatic hydroxyl groups is 1. The van der Waals surface area contributed by atoms with Gasteiger partial charge in [-0.25, -0.2) is 0 Å². The highest BCUT2D eigenvalue weighted by atomic mass is 35.5. The number of carbonyl (C=O) groups is 1. The van der Waals surface area contributed by atoms with Gasteiger partial charge in [-0.3, -0.25) is 4.79 Å². The number of aliphatic hydroxyl groups excluding tert-OH is 1. The predicted octanol–water partition coefficient (Wildman–Crippen LogP) is 3.32. The van der Waals surface area contributed by atoms with Crippen LogP contribution >= 0.6 is 11.6 Å². The molecule has 0 spiro atoms. The Hall–Kier alpha value is -2.90. The third-order valence-electron chi connectivity index (χ3n) is 4.73. The van der Waals surface area contributed by atoms with Crippen LogP contribution in [-0.2, 0) is 7.05 Å². The highest BCUT2D eigenvalue weighted by molar-refractivity contribution is 6.35. The van der Waals surface area contributed by atoms with Gasteiger partial charge in [0.1, 0.15) is 0 Å². The Balaban J connectivity index is 1.76. The Morgan fingerprint density at radius 3 is 2.38 bits per heavy atom. The molecule has 1 unspecified atom stereocenters. The van der Waals surface area contributed by atoms with E-state index in [1.165, 1.54) is 21.3 Å². The van der Waals surface area contributed by atoms with Gasteiger partial charge in [0.15, 0.2) is 11.5 Å². The Bertz CT molecular complexity index is 1020. The molecule has 154 valence electrons. The first-order valence-corrected chi connectivity index (χ1v) is 9.28. The summed E-state index contributed by atoms with van der Waals surface area (Å²) in [4.78, 5) is 12.5. The number of benzene rings is 2. The van der Waals surface area contributed by atoms with Crippen LogP contribution in [0.1, 0.15) is 22.0 Å². The van der Waals surface area contributed by atoms with Crippen LogP contribution < -0.4 is 19.5 Å². The second-order valence-corrected chi connectivity index (χ2v) is 6.91. The van der Waals surface area contributed by atoms with Crippen LogP contribution in [0.5, 0.6) is 17.2 Å². The van der Waals surface area contributed by atoms with E-state index in [0.717, 1.165) is 10.9 Å². The number of methoxy groups -OCH3 is 3. The maximum Gasteiger partial charge on any atom is 0.251 e. The number of aryl methyl sites for hydroxylation is 1. The SMILES string of the molecule is COc1cc(C(O)CNC(=O)c2ccc3c(c2)c(Cl)cn3C)cc(OC)c1OC. The number of fused-ring (bicyclic) bond motifs is 1. The molecule has 0 bridgehead atoms. The molecule has 2 aromatic carbocycles. The summed E-state index contributed by atoms with van der Waals surface area (Å²) < 4.78 is 17.8. The van der Waals surface area contributed by atoms with Gasteiger partial charge in [-0.05, 0) is 35.9 Å². The smallest absolute Gasteiger partial charge is 0.251 e. The van der Waals surface area contributed by atoms with Crippen molar-refractivity contribution >= 4 is 28.4 Å². The summed E-state index contributed by atoms with van der Waals surface area (Å²) in [5, 5.41) is 14.7. The highest BCUT2D eigenvalue weighted by Gasteiger charge is 2.18. The molecule has 1 heterocycles. The third-order valence-corrected chi connectivity index (χ3v) is 5.03. The van der Waals surface area contributed by atoms with E-state index in [2.05, 4.69) is 5.32 Å². The molecule has 1 aromatic heterocycles. The van der Waals surface area contributed by atoms with E-state index in [1.807, 2.05) is 17.7 Å². The molecular formula is C21H23ClN2O5. The summed E-state index contributed by atoms with van der Waals surface area (Å²) in [6.45, 7) is 0.0119. The van der Waals surface area contributed by atoms with Gasteiger partial charge in [-0.1, -0.05) is 11.6 Å². The minimum Gasteiger partial charge on any atom is -0.493 e. The van der Waals surface area contributed by atoms with Crippen LogP contribution in [0.3, 0.4) is 0 Å². The lowest BCUT2D eigenvalue weighted by Gasteiger charge is -2.17. The monoisotopic (exact) mass is 418 g/mol. The molecule has 8 heteroatoms. The van der Waals surface area contributed by atoms with Gasteiger partial charge < -0.3 is 29.2 Å². The van der Waals surface area contributed by atoms with Gasteiger partial charge >= 0.3 is 0 Å². The number of hydrogen-bond donors (Lipinski definition) is 2. The summed E-state index contributed by atoms with van der Waals surface area (Å²) in [5.74, 6) is 0.981. The van der Waals surface area contributed by atoms with Gasteiger partial charge in [0.2, 0.25) is 5.75 Å². The predicted molar refractivity (Wildman–Crippen MR) is 111 cm³/mol. The summed E-state index contributed by atoms with van der Waals surface area (Å²) in [6.07, 6.45) is 0.832. The van der Waals surface area contributed by atoms with Crippen molar-refractivity contribution in [3.8, 4) is 17.2 Å². The minimum absolute atomic E-state index is 0.0119. The second-order valence-electron chi connectivity index (χ2n) is 6.50. The van der Waals surface area contributed by atoms with Gasteiger partial charge in [0.25, 0.3) is 5.91 Å². The number of carbonyl (C=O) groups excluding carboxylic acids is 1. The molecule has 0 radical (unpaired) electrons. The highest BCUT2D eigenvalue weighted by Crippen LogP contribution is 2.39. The molecule has 1 amide bonds. The largest absolute Gasteiger partial charge is 0.493 e. The average molecular weight is 419 g/mol. The van der Waals surface area contributed by atoms with E-state index in [1.54, 1.807) is 30.5 Å². The van der Waals surface area contributed by atoms with Gasteiger partial charge in [-0.2, -0.15) is 0 Å². The zero-order valence-electron chi connectivity index (χ0n) is 16.7. The minimum atomic E-state index is -0.961. The molecule has 3 rings (SSSR count). The van der Waals surface area contributed by atoms with E-state index in [9.17, 15) is 9.90 Å². The first-order chi connectivity index (χ1) is 13.9. The maximum atomic E-state index is 12.5. The van der Waals surface area contributed by atoms with Crippen LogP contribution in [0.25, 0.3) is 10.9 Å². The zero-order valence-corrected chi connectivity index (χ0v) is 17.4. The standard InChI is InChI=1S/C21H23ClN2O5/c1-24-11-15(22)14-7-12(5-6-16(14)24)21(26)23-10-17(25)13-8-18(27-2)20(29-4)19(9-13)28-3/h5-9,11,17,25H,10H2,1-4H3,(H,23,26). The third kappa shape index (κ3) is 4.11. The van der Waals surface area contributed by atoms with E-state index in [4.69, 9.17) is 25.8 Å². The summed E-state index contributed by atoms with van der Waals surface area (Å²) in [7, 11) is 6.40. The van der Waals surface area contributed by atoms with E-state index in [-0.39, 0.29) is 12.5 Å². The van der Waals surface area contributed by atoms with Crippen molar-refractivity contribution in [1.29, 1.82) is 0 Å². The molecule has 0 aliphatic rings. The number of halogens is 1. The Morgan fingerprint density at radius 1 is 1.14 bits per heavy atom. The lowest BCUT2D eigenvalue weighted by Crippen LogP contribution is -2.28. The number of amides is 1. The lowest BCUT2D eigenvalue weighted by molar-refractivity contribution is 0.0916. The first-order valence-electron chi connectivity index (χ1n) is 8.90. The molecular weight excluding hydrogens is 396 g/mol. The van der Waals surface area contributed by atoms with Crippen molar-refractivity contribution in [2.75, 3.05) is 27.9 Å². The van der Waals surface area contributed by atoms with E-state index < -0.39 is 6.10 Å². The molecule has 29 heavy (non-hydrogen) atoms. The van der Waals surface area contributed by atoms with Crippen molar-refractivity contribution in [1.82, 2.24) is 9.88 Å². The van der Waals surface area contributed by atoms with Crippen molar-refractivity contribution < 1.29 is 24.1 Å². The molecule has 0 aliphatic carbocycles. The molecule has 0 saturated heterocycles. The quantitative estimate of drug-likeness (QED) is 0.615. The molecule has 1 atom stereocenters. The Kier molecular flexibility index (Phi) is 6.20. The Labute approximate surface area is 173 Å². The van der Waals surface area contributed by atoms with E-state index >= 15 is 0 Å². The topological polar surface area (TPSA) is 82.0 Å². The van der Waals surface area contributed by atoms with Crippen LogP contribution in [0.15, 0.2) is 36.5 Å². The average Bonchev–Trinajstić information content (AvgIpc) is 3.03. The number of ether oxygens (including phenoxy) is 3. The summed E-state index contributed by atoms with van der Waals surface area (Å²) in [5.41, 5.74) is 1.92. The zero-order chi connectivity index (χ0) is 21.1. The van der Waals surface area contributed by atoms with Gasteiger partial charge in [0, 0.05) is 36.3 Å². The van der Waals surface area contributed by atoms with Crippen molar-refractivity contribution in [2.45, 2.75) is 6.10 Å². The first kappa shape index (κ1) is 20.8. The number of nitrogens with one attached hydrogen (secondary N) is 1. The number of nitrogens with zero attached hydrogens (tertiary/aromatic N) is 1.